The van der Waals surface area contributed by atoms with Crippen LogP contribution in [0, 0.1) is 0 Å². The van der Waals surface area contributed by atoms with Crippen molar-refractivity contribution in [1.29, 1.82) is 0 Å². The summed E-state index contributed by atoms with van der Waals surface area (Å²) < 4.78 is 2.27. The SMILES string of the molecule is CC1(C)c2cc3cc(-c4ccc5c(c4)nc(-c4ccccc4)n5-c4ccccc4)ccc3cc2-c2c1c1ccccc1c1ccccc21. The van der Waals surface area contributed by atoms with Gasteiger partial charge in [-0.15, -0.1) is 0 Å². The monoisotopic (exact) mass is 612 g/mol. The Balaban J connectivity index is 1.14. The van der Waals surface area contributed by atoms with E-state index in [0.29, 0.717) is 0 Å². The van der Waals surface area contributed by atoms with Gasteiger partial charge in [-0.25, -0.2) is 4.98 Å². The van der Waals surface area contributed by atoms with Crippen molar-refractivity contribution in [2.75, 3.05) is 0 Å². The minimum absolute atomic E-state index is 0.129. The van der Waals surface area contributed by atoms with Crippen LogP contribution in [0.5, 0.6) is 0 Å². The summed E-state index contributed by atoms with van der Waals surface area (Å²) in [5.74, 6) is 0.949. The van der Waals surface area contributed by atoms with Crippen LogP contribution in [0.15, 0.2) is 158 Å². The van der Waals surface area contributed by atoms with Crippen LogP contribution in [0.2, 0.25) is 0 Å². The van der Waals surface area contributed by atoms with Crippen molar-refractivity contribution in [1.82, 2.24) is 9.55 Å². The molecule has 0 bridgehead atoms. The highest BCUT2D eigenvalue weighted by Gasteiger charge is 2.38. The van der Waals surface area contributed by atoms with E-state index in [1.165, 1.54) is 65.7 Å². The predicted octanol–water partition coefficient (Wildman–Crippen LogP) is 12.1. The van der Waals surface area contributed by atoms with E-state index >= 15 is 0 Å². The number of hydrogen-bond donors (Lipinski definition) is 0. The first-order chi connectivity index (χ1) is 23.6. The minimum atomic E-state index is -0.129. The summed E-state index contributed by atoms with van der Waals surface area (Å²) >= 11 is 0. The molecule has 9 aromatic rings. The summed E-state index contributed by atoms with van der Waals surface area (Å²) in [6, 6.07) is 57.4. The van der Waals surface area contributed by atoms with Gasteiger partial charge in [-0.05, 0) is 108 Å². The molecule has 0 unspecified atom stereocenters. The van der Waals surface area contributed by atoms with Gasteiger partial charge in [0.1, 0.15) is 5.82 Å². The number of nitrogens with zero attached hydrogens (tertiary/aromatic N) is 2. The molecule has 0 radical (unpaired) electrons. The number of aromatic nitrogens is 2. The first-order valence-electron chi connectivity index (χ1n) is 16.7. The molecule has 0 aliphatic heterocycles. The standard InChI is InChI=1S/C46H32N2/c1-46(2)40-27-33-25-30(21-22-31(33)26-39(40)43-37-19-11-9-17-35(37)36-18-10-12-20-38(36)44(43)46)32-23-24-42-41(28-32)47-45(29-13-5-3-6-14-29)48(42)34-15-7-4-8-16-34/h3-28H,1-2H3. The predicted molar refractivity (Wildman–Crippen MR) is 202 cm³/mol. The Morgan fingerprint density at radius 3 is 1.90 bits per heavy atom. The maximum atomic E-state index is 5.21. The molecule has 2 nitrogen and oxygen atoms in total. The number of hydrogen-bond acceptors (Lipinski definition) is 1. The number of imidazole rings is 1. The molecule has 0 spiro atoms. The summed E-state index contributed by atoms with van der Waals surface area (Å²) in [4.78, 5) is 5.21. The smallest absolute Gasteiger partial charge is 0.145 e. The Hall–Kier alpha value is -5.99. The largest absolute Gasteiger partial charge is 0.292 e. The van der Waals surface area contributed by atoms with Crippen molar-refractivity contribution in [3.8, 4) is 39.3 Å². The van der Waals surface area contributed by atoms with E-state index in [1.54, 1.807) is 0 Å². The van der Waals surface area contributed by atoms with E-state index in [2.05, 4.69) is 176 Å². The third-order valence-corrected chi connectivity index (χ3v) is 10.5. The number of rotatable bonds is 3. The van der Waals surface area contributed by atoms with Crippen molar-refractivity contribution < 1.29 is 0 Å². The topological polar surface area (TPSA) is 17.8 Å². The maximum absolute atomic E-state index is 5.21. The highest BCUT2D eigenvalue weighted by atomic mass is 15.1. The van der Waals surface area contributed by atoms with Crippen LogP contribution < -0.4 is 0 Å². The molecule has 1 aliphatic carbocycles. The lowest BCUT2D eigenvalue weighted by molar-refractivity contribution is 0.667. The van der Waals surface area contributed by atoms with Crippen LogP contribution in [0.1, 0.15) is 25.0 Å². The Bertz CT molecular complexity index is 2730. The zero-order valence-electron chi connectivity index (χ0n) is 26.9. The Morgan fingerprint density at radius 2 is 1.12 bits per heavy atom. The third-order valence-electron chi connectivity index (χ3n) is 10.5. The molecule has 8 aromatic carbocycles. The Labute approximate surface area is 279 Å². The molecule has 226 valence electrons. The van der Waals surface area contributed by atoms with Gasteiger partial charge in [0.15, 0.2) is 0 Å². The van der Waals surface area contributed by atoms with Crippen molar-refractivity contribution in [2.24, 2.45) is 0 Å². The molecule has 1 aromatic heterocycles. The molecule has 48 heavy (non-hydrogen) atoms. The van der Waals surface area contributed by atoms with Gasteiger partial charge in [0.25, 0.3) is 0 Å². The van der Waals surface area contributed by atoms with Crippen LogP contribution in [0.25, 0.3) is 82.7 Å². The van der Waals surface area contributed by atoms with E-state index in [0.717, 1.165) is 28.1 Å². The van der Waals surface area contributed by atoms with Crippen LogP contribution >= 0.6 is 0 Å². The molecule has 1 heterocycles. The maximum Gasteiger partial charge on any atom is 0.145 e. The summed E-state index contributed by atoms with van der Waals surface area (Å²) in [7, 11) is 0. The first kappa shape index (κ1) is 27.2. The second-order valence-corrected chi connectivity index (χ2v) is 13.6. The molecule has 10 rings (SSSR count). The number of para-hydroxylation sites is 1. The zero-order valence-corrected chi connectivity index (χ0v) is 26.9. The first-order valence-corrected chi connectivity index (χ1v) is 16.7. The molecular formula is C46H32N2. The van der Waals surface area contributed by atoms with Crippen molar-refractivity contribution in [2.45, 2.75) is 19.3 Å². The molecule has 0 N–H and O–H groups in total. The highest BCUT2D eigenvalue weighted by molar-refractivity contribution is 6.19. The molecule has 1 aliphatic rings. The normalized spacial score (nSPS) is 13.4. The van der Waals surface area contributed by atoms with E-state index < -0.39 is 0 Å². The van der Waals surface area contributed by atoms with Crippen molar-refractivity contribution in [3.63, 3.8) is 0 Å². The quantitative estimate of drug-likeness (QED) is 0.182. The summed E-state index contributed by atoms with van der Waals surface area (Å²) in [6.07, 6.45) is 0. The molecular weight excluding hydrogens is 581 g/mol. The fraction of sp³-hybridized carbons (Fsp3) is 0.0652. The van der Waals surface area contributed by atoms with Gasteiger partial charge in [-0.1, -0.05) is 129 Å². The van der Waals surface area contributed by atoms with E-state index in [1.807, 2.05) is 0 Å². The van der Waals surface area contributed by atoms with Gasteiger partial charge in [-0.3, -0.25) is 4.57 Å². The molecule has 0 saturated carbocycles. The van der Waals surface area contributed by atoms with Gasteiger partial charge in [-0.2, -0.15) is 0 Å². The van der Waals surface area contributed by atoms with Crippen molar-refractivity contribution in [3.05, 3.63) is 169 Å². The lowest BCUT2D eigenvalue weighted by atomic mass is 9.79. The second-order valence-electron chi connectivity index (χ2n) is 13.6. The number of fused-ring (bicyclic) bond motifs is 10. The lowest BCUT2D eigenvalue weighted by Gasteiger charge is -2.24. The van der Waals surface area contributed by atoms with Gasteiger partial charge in [0, 0.05) is 16.7 Å². The second kappa shape index (κ2) is 10.0. The van der Waals surface area contributed by atoms with E-state index in [4.69, 9.17) is 4.98 Å². The van der Waals surface area contributed by atoms with E-state index in [-0.39, 0.29) is 5.41 Å². The van der Waals surface area contributed by atoms with Gasteiger partial charge >= 0.3 is 0 Å². The van der Waals surface area contributed by atoms with Gasteiger partial charge in [0.05, 0.1) is 11.0 Å². The summed E-state index contributed by atoms with van der Waals surface area (Å²) in [5, 5.41) is 7.88. The van der Waals surface area contributed by atoms with Gasteiger partial charge < -0.3 is 0 Å². The average molecular weight is 613 g/mol. The minimum Gasteiger partial charge on any atom is -0.292 e. The molecule has 0 amide bonds. The Kier molecular flexibility index (Phi) is 5.66. The van der Waals surface area contributed by atoms with E-state index in [9.17, 15) is 0 Å². The van der Waals surface area contributed by atoms with Crippen LogP contribution in [-0.2, 0) is 5.41 Å². The van der Waals surface area contributed by atoms with Crippen LogP contribution in [0.3, 0.4) is 0 Å². The van der Waals surface area contributed by atoms with Crippen LogP contribution in [0.4, 0.5) is 0 Å². The molecule has 0 saturated heterocycles. The fourth-order valence-corrected chi connectivity index (χ4v) is 8.29. The third kappa shape index (κ3) is 3.83. The molecule has 0 atom stereocenters. The zero-order chi connectivity index (χ0) is 32.0. The lowest BCUT2D eigenvalue weighted by Crippen LogP contribution is -2.15. The summed E-state index contributed by atoms with van der Waals surface area (Å²) in [5.41, 5.74) is 12.1. The molecule has 0 fully saturated rings. The van der Waals surface area contributed by atoms with Gasteiger partial charge in [0.2, 0.25) is 0 Å². The number of benzene rings is 8. The molecule has 2 heteroatoms. The fourth-order valence-electron chi connectivity index (χ4n) is 8.29. The Morgan fingerprint density at radius 1 is 0.500 bits per heavy atom. The summed E-state index contributed by atoms with van der Waals surface area (Å²) in [6.45, 7) is 4.80. The van der Waals surface area contributed by atoms with Crippen molar-refractivity contribution >= 4 is 43.4 Å². The van der Waals surface area contributed by atoms with Crippen LogP contribution in [-0.4, -0.2) is 9.55 Å². The average Bonchev–Trinajstić information content (AvgIpc) is 3.63. The highest BCUT2D eigenvalue weighted by Crippen LogP contribution is 2.55.